The van der Waals surface area contributed by atoms with Crippen LogP contribution in [-0.2, 0) is 22.4 Å². The molecule has 110 valence electrons. The summed E-state index contributed by atoms with van der Waals surface area (Å²) in [6, 6.07) is 0. The van der Waals surface area contributed by atoms with Gasteiger partial charge in [0.1, 0.15) is 0 Å². The van der Waals surface area contributed by atoms with Crippen molar-refractivity contribution in [2.24, 2.45) is 0 Å². The molecule has 19 heavy (non-hydrogen) atoms. The average Bonchev–Trinajstić information content (AvgIpc) is 2.66. The zero-order chi connectivity index (χ0) is 14.3. The van der Waals surface area contributed by atoms with Crippen LogP contribution in [0.3, 0.4) is 0 Å². The third-order valence-corrected chi connectivity index (χ3v) is 3.94. The minimum absolute atomic E-state index is 0.416. The lowest BCUT2D eigenvalue weighted by atomic mass is 10.1. The van der Waals surface area contributed by atoms with Crippen molar-refractivity contribution in [1.29, 1.82) is 0 Å². The van der Waals surface area contributed by atoms with Crippen molar-refractivity contribution in [3.8, 4) is 0 Å². The van der Waals surface area contributed by atoms with Crippen molar-refractivity contribution in [2.75, 3.05) is 26.9 Å². The van der Waals surface area contributed by atoms with Crippen molar-refractivity contribution in [3.63, 3.8) is 0 Å². The van der Waals surface area contributed by atoms with Crippen molar-refractivity contribution in [2.45, 2.75) is 39.3 Å². The zero-order valence-corrected chi connectivity index (χ0v) is 13.4. The average molecular weight is 335 g/mol. The molecule has 5 nitrogen and oxygen atoms in total. The molecule has 0 bridgehead atoms. The van der Waals surface area contributed by atoms with E-state index in [1.54, 1.807) is 7.11 Å². The molecule has 0 aliphatic carbocycles. The molecule has 1 heterocycles. The Morgan fingerprint density at radius 1 is 1.37 bits per heavy atom. The molecule has 0 spiro atoms. The van der Waals surface area contributed by atoms with E-state index in [1.807, 2.05) is 18.5 Å². The number of aryl methyl sites for hydroxylation is 2. The van der Waals surface area contributed by atoms with Crippen molar-refractivity contribution < 1.29 is 14.6 Å². The van der Waals surface area contributed by atoms with Crippen LogP contribution in [0.5, 0.6) is 0 Å². The quantitative estimate of drug-likeness (QED) is 0.701. The van der Waals surface area contributed by atoms with Crippen molar-refractivity contribution in [1.82, 2.24) is 9.78 Å². The lowest BCUT2D eigenvalue weighted by Crippen LogP contribution is -2.17. The Hall–Kier alpha value is -0.430. The SMILES string of the molecule is CCn1nc(C)c(Br)c1CC(O)CCOCCOC. The fraction of sp³-hybridized carbons (Fsp3) is 0.769. The third kappa shape index (κ3) is 5.22. The molecule has 0 radical (unpaired) electrons. The van der Waals surface area contributed by atoms with Crippen LogP contribution in [-0.4, -0.2) is 47.9 Å². The number of halogens is 1. The Labute approximate surface area is 123 Å². The standard InChI is InChI=1S/C13H23BrN2O3/c1-4-16-12(13(14)10(2)15-16)9-11(17)5-6-19-8-7-18-3/h11,17H,4-9H2,1-3H3. The van der Waals surface area contributed by atoms with Gasteiger partial charge < -0.3 is 14.6 Å². The fourth-order valence-corrected chi connectivity index (χ4v) is 2.30. The van der Waals surface area contributed by atoms with Gasteiger partial charge in [-0.25, -0.2) is 0 Å². The highest BCUT2D eigenvalue weighted by Crippen LogP contribution is 2.22. The maximum atomic E-state index is 10.0. The lowest BCUT2D eigenvalue weighted by Gasteiger charge is -2.12. The van der Waals surface area contributed by atoms with E-state index in [0.29, 0.717) is 32.7 Å². The first-order valence-corrected chi connectivity index (χ1v) is 7.36. The number of aromatic nitrogens is 2. The molecule has 1 aromatic heterocycles. The molecule has 0 fully saturated rings. The Bertz CT molecular complexity index is 382. The highest BCUT2D eigenvalue weighted by atomic mass is 79.9. The minimum Gasteiger partial charge on any atom is -0.393 e. The predicted octanol–water partition coefficient (Wildman–Crippen LogP) is 1.93. The lowest BCUT2D eigenvalue weighted by molar-refractivity contribution is 0.0475. The molecule has 6 heteroatoms. The first-order chi connectivity index (χ1) is 9.10. The van der Waals surface area contributed by atoms with Crippen LogP contribution in [0.2, 0.25) is 0 Å². The van der Waals surface area contributed by atoms with Gasteiger partial charge in [0.05, 0.1) is 35.2 Å². The van der Waals surface area contributed by atoms with Gasteiger partial charge in [0.2, 0.25) is 0 Å². The van der Waals surface area contributed by atoms with Crippen LogP contribution in [0, 0.1) is 6.92 Å². The zero-order valence-electron chi connectivity index (χ0n) is 11.9. The van der Waals surface area contributed by atoms with Gasteiger partial charge in [-0.2, -0.15) is 5.10 Å². The van der Waals surface area contributed by atoms with Gasteiger partial charge in [-0.15, -0.1) is 0 Å². The van der Waals surface area contributed by atoms with E-state index in [-0.39, 0.29) is 0 Å². The first-order valence-electron chi connectivity index (χ1n) is 6.56. The van der Waals surface area contributed by atoms with Gasteiger partial charge in [-0.3, -0.25) is 4.68 Å². The van der Waals surface area contributed by atoms with E-state index < -0.39 is 6.10 Å². The first kappa shape index (κ1) is 16.6. The molecule has 0 amide bonds. The topological polar surface area (TPSA) is 56.5 Å². The molecule has 0 saturated carbocycles. The van der Waals surface area contributed by atoms with Gasteiger partial charge in [0.15, 0.2) is 0 Å². The summed E-state index contributed by atoms with van der Waals surface area (Å²) in [5.41, 5.74) is 2.00. The van der Waals surface area contributed by atoms with Gasteiger partial charge >= 0.3 is 0 Å². The van der Waals surface area contributed by atoms with Crippen LogP contribution in [0.15, 0.2) is 4.47 Å². The number of methoxy groups -OCH3 is 1. The van der Waals surface area contributed by atoms with Crippen LogP contribution < -0.4 is 0 Å². The summed E-state index contributed by atoms with van der Waals surface area (Å²) in [4.78, 5) is 0. The Balaban J connectivity index is 2.41. The molecule has 0 aliphatic heterocycles. The normalized spacial score (nSPS) is 12.9. The Morgan fingerprint density at radius 2 is 2.11 bits per heavy atom. The molecule has 1 N–H and O–H groups in total. The molecule has 1 aromatic rings. The molecular weight excluding hydrogens is 312 g/mol. The summed E-state index contributed by atoms with van der Waals surface area (Å²) < 4.78 is 13.2. The Kier molecular flexibility index (Phi) is 7.60. The summed E-state index contributed by atoms with van der Waals surface area (Å²) in [7, 11) is 1.64. The second-order valence-corrected chi connectivity index (χ2v) is 5.21. The number of aliphatic hydroxyl groups is 1. The predicted molar refractivity (Wildman–Crippen MR) is 77.4 cm³/mol. The van der Waals surface area contributed by atoms with Crippen molar-refractivity contribution in [3.05, 3.63) is 15.9 Å². The second-order valence-electron chi connectivity index (χ2n) is 4.41. The molecule has 0 aliphatic rings. The smallest absolute Gasteiger partial charge is 0.0738 e. The molecule has 1 unspecified atom stereocenters. The maximum Gasteiger partial charge on any atom is 0.0738 e. The van der Waals surface area contributed by atoms with E-state index >= 15 is 0 Å². The van der Waals surface area contributed by atoms with Crippen LogP contribution in [0.1, 0.15) is 24.7 Å². The molecule has 1 rings (SSSR count). The summed E-state index contributed by atoms with van der Waals surface area (Å²) in [5, 5.41) is 14.5. The van der Waals surface area contributed by atoms with Gasteiger partial charge in [0, 0.05) is 26.7 Å². The highest BCUT2D eigenvalue weighted by molar-refractivity contribution is 9.10. The number of rotatable bonds is 9. The Morgan fingerprint density at radius 3 is 2.74 bits per heavy atom. The highest BCUT2D eigenvalue weighted by Gasteiger charge is 2.15. The van der Waals surface area contributed by atoms with E-state index in [2.05, 4.69) is 21.0 Å². The number of nitrogens with zero attached hydrogens (tertiary/aromatic N) is 2. The summed E-state index contributed by atoms with van der Waals surface area (Å²) in [5.74, 6) is 0. The minimum atomic E-state index is -0.416. The molecule has 0 aromatic carbocycles. The van der Waals surface area contributed by atoms with E-state index in [0.717, 1.165) is 22.4 Å². The van der Waals surface area contributed by atoms with E-state index in [4.69, 9.17) is 9.47 Å². The number of hydrogen-bond acceptors (Lipinski definition) is 4. The molecule has 0 saturated heterocycles. The monoisotopic (exact) mass is 334 g/mol. The van der Waals surface area contributed by atoms with E-state index in [1.165, 1.54) is 0 Å². The summed E-state index contributed by atoms with van der Waals surface area (Å²) >= 11 is 3.53. The number of aliphatic hydroxyl groups excluding tert-OH is 1. The van der Waals surface area contributed by atoms with Crippen molar-refractivity contribution >= 4 is 15.9 Å². The van der Waals surface area contributed by atoms with Gasteiger partial charge in [-0.1, -0.05) is 0 Å². The summed E-state index contributed by atoms with van der Waals surface area (Å²) in [6.45, 7) is 6.51. The number of ether oxygens (including phenoxy) is 2. The van der Waals surface area contributed by atoms with Gasteiger partial charge in [-0.05, 0) is 36.2 Å². The van der Waals surface area contributed by atoms with Crippen LogP contribution >= 0.6 is 15.9 Å². The summed E-state index contributed by atoms with van der Waals surface area (Å²) in [6.07, 6.45) is 0.785. The molecule has 1 atom stereocenters. The van der Waals surface area contributed by atoms with Crippen LogP contribution in [0.4, 0.5) is 0 Å². The van der Waals surface area contributed by atoms with E-state index in [9.17, 15) is 5.11 Å². The largest absolute Gasteiger partial charge is 0.393 e. The number of hydrogen-bond donors (Lipinski definition) is 1. The third-order valence-electron chi connectivity index (χ3n) is 2.91. The maximum absolute atomic E-state index is 10.0. The van der Waals surface area contributed by atoms with Crippen LogP contribution in [0.25, 0.3) is 0 Å². The second kappa shape index (κ2) is 8.68. The van der Waals surface area contributed by atoms with Gasteiger partial charge in [0.25, 0.3) is 0 Å². The fourth-order valence-electron chi connectivity index (χ4n) is 1.85. The molecular formula is C13H23BrN2O3.